The van der Waals surface area contributed by atoms with E-state index in [4.69, 9.17) is 23.2 Å². The molecule has 0 fully saturated rings. The van der Waals surface area contributed by atoms with Crippen molar-refractivity contribution in [1.82, 2.24) is 9.78 Å². The first kappa shape index (κ1) is 14.2. The molecule has 2 rings (SSSR count). The van der Waals surface area contributed by atoms with Crippen molar-refractivity contribution in [2.75, 3.05) is 0 Å². The van der Waals surface area contributed by atoms with E-state index < -0.39 is 15.5 Å². The van der Waals surface area contributed by atoms with Crippen LogP contribution in [0, 0.1) is 20.2 Å². The van der Waals surface area contributed by atoms with Gasteiger partial charge in [-0.2, -0.15) is 5.10 Å². The molecule has 0 N–H and O–H groups in total. The second-order valence-corrected chi connectivity index (χ2v) is 4.35. The summed E-state index contributed by atoms with van der Waals surface area (Å²) in [5.74, 6) is 0.0908. The normalized spacial score (nSPS) is 10.5. The third-order valence-electron chi connectivity index (χ3n) is 2.45. The summed E-state index contributed by atoms with van der Waals surface area (Å²) < 4.78 is 1.11. The lowest BCUT2D eigenvalue weighted by atomic mass is 10.2. The standard InChI is InChI=1S/C10H6Cl2N4O4/c11-5-6-3-10(12)14(13-6)8-2-1-7(15(17)18)4-9(8)16(19)20/h1-4H,5H2. The van der Waals surface area contributed by atoms with E-state index in [0.29, 0.717) is 5.69 Å². The fraction of sp³-hybridized carbons (Fsp3) is 0.100. The van der Waals surface area contributed by atoms with Gasteiger partial charge in [-0.3, -0.25) is 20.2 Å². The number of halogens is 2. The largest absolute Gasteiger partial charge is 0.301 e. The fourth-order valence-corrected chi connectivity index (χ4v) is 1.97. The number of benzene rings is 1. The van der Waals surface area contributed by atoms with Gasteiger partial charge in [-0.1, -0.05) is 11.6 Å². The van der Waals surface area contributed by atoms with Crippen LogP contribution in [-0.4, -0.2) is 19.6 Å². The molecule has 0 aliphatic carbocycles. The van der Waals surface area contributed by atoms with E-state index in [0.717, 1.165) is 16.8 Å². The second kappa shape index (κ2) is 5.43. The van der Waals surface area contributed by atoms with Gasteiger partial charge in [0.05, 0.1) is 27.5 Å². The molecule has 1 heterocycles. The Balaban J connectivity index is 2.63. The Morgan fingerprint density at radius 3 is 2.40 bits per heavy atom. The van der Waals surface area contributed by atoms with Crippen LogP contribution in [0.1, 0.15) is 5.69 Å². The monoisotopic (exact) mass is 316 g/mol. The van der Waals surface area contributed by atoms with Gasteiger partial charge in [0.1, 0.15) is 10.8 Å². The Labute approximate surface area is 121 Å². The van der Waals surface area contributed by atoms with Crippen molar-refractivity contribution in [2.24, 2.45) is 0 Å². The number of aromatic nitrogens is 2. The van der Waals surface area contributed by atoms with Crippen molar-refractivity contribution in [3.63, 3.8) is 0 Å². The summed E-state index contributed by atoms with van der Waals surface area (Å²) in [5, 5.41) is 25.8. The molecule has 1 aromatic carbocycles. The molecule has 2 aromatic rings. The number of nitrogens with zero attached hydrogens (tertiary/aromatic N) is 4. The van der Waals surface area contributed by atoms with Gasteiger partial charge >= 0.3 is 5.69 Å². The number of nitro benzene ring substituents is 2. The molecule has 104 valence electrons. The minimum absolute atomic E-state index is 0.0296. The molecule has 0 saturated heterocycles. The summed E-state index contributed by atoms with van der Waals surface area (Å²) in [6, 6.07) is 4.67. The SMILES string of the molecule is O=[N+]([O-])c1ccc(-n2nc(CCl)cc2Cl)c([N+](=O)[O-])c1. The Morgan fingerprint density at radius 1 is 1.20 bits per heavy atom. The molecular formula is C10H6Cl2N4O4. The maximum atomic E-state index is 11.0. The van der Waals surface area contributed by atoms with Crippen molar-refractivity contribution >= 4 is 34.6 Å². The number of nitro groups is 2. The van der Waals surface area contributed by atoms with Gasteiger partial charge in [0.2, 0.25) is 0 Å². The van der Waals surface area contributed by atoms with Gasteiger partial charge in [-0.25, -0.2) is 4.68 Å². The lowest BCUT2D eigenvalue weighted by molar-refractivity contribution is -0.394. The predicted octanol–water partition coefficient (Wildman–Crippen LogP) is 3.08. The van der Waals surface area contributed by atoms with E-state index in [9.17, 15) is 20.2 Å². The quantitative estimate of drug-likeness (QED) is 0.489. The van der Waals surface area contributed by atoms with Crippen LogP contribution in [0.15, 0.2) is 24.3 Å². The van der Waals surface area contributed by atoms with Gasteiger partial charge in [0, 0.05) is 12.1 Å². The van der Waals surface area contributed by atoms with Crippen LogP contribution in [-0.2, 0) is 5.88 Å². The van der Waals surface area contributed by atoms with E-state index in [-0.39, 0.29) is 22.4 Å². The molecule has 0 unspecified atom stereocenters. The average Bonchev–Trinajstić information content (AvgIpc) is 2.79. The van der Waals surface area contributed by atoms with E-state index in [1.165, 1.54) is 12.1 Å². The van der Waals surface area contributed by atoms with Crippen LogP contribution in [0.5, 0.6) is 0 Å². The summed E-state index contributed by atoms with van der Waals surface area (Å²) in [6.07, 6.45) is 0. The highest BCUT2D eigenvalue weighted by Crippen LogP contribution is 2.30. The molecular weight excluding hydrogens is 311 g/mol. The zero-order valence-corrected chi connectivity index (χ0v) is 11.2. The van der Waals surface area contributed by atoms with E-state index >= 15 is 0 Å². The van der Waals surface area contributed by atoms with Crippen LogP contribution in [0.25, 0.3) is 5.69 Å². The molecule has 1 aromatic heterocycles. The van der Waals surface area contributed by atoms with E-state index in [1.807, 2.05) is 0 Å². The van der Waals surface area contributed by atoms with Crippen LogP contribution in [0.4, 0.5) is 11.4 Å². The first-order valence-electron chi connectivity index (χ1n) is 5.17. The lowest BCUT2D eigenvalue weighted by Crippen LogP contribution is -2.03. The Kier molecular flexibility index (Phi) is 3.86. The fourth-order valence-electron chi connectivity index (χ4n) is 1.59. The van der Waals surface area contributed by atoms with Crippen LogP contribution in [0.2, 0.25) is 5.15 Å². The van der Waals surface area contributed by atoms with Gasteiger partial charge < -0.3 is 0 Å². The molecule has 20 heavy (non-hydrogen) atoms. The third-order valence-corrected chi connectivity index (χ3v) is 2.99. The third kappa shape index (κ3) is 2.56. The van der Waals surface area contributed by atoms with E-state index in [1.54, 1.807) is 0 Å². The van der Waals surface area contributed by atoms with E-state index in [2.05, 4.69) is 5.10 Å². The smallest absolute Gasteiger partial charge is 0.258 e. The minimum atomic E-state index is -0.735. The van der Waals surface area contributed by atoms with Gasteiger partial charge in [0.15, 0.2) is 0 Å². The molecule has 0 bridgehead atoms. The topological polar surface area (TPSA) is 104 Å². The van der Waals surface area contributed by atoms with Crippen molar-refractivity contribution in [3.8, 4) is 5.69 Å². The molecule has 0 aliphatic rings. The number of hydrogen-bond donors (Lipinski definition) is 0. The van der Waals surface area contributed by atoms with Gasteiger partial charge in [0.25, 0.3) is 5.69 Å². The van der Waals surface area contributed by atoms with Crippen molar-refractivity contribution in [3.05, 3.63) is 55.3 Å². The highest BCUT2D eigenvalue weighted by Gasteiger charge is 2.22. The number of hydrogen-bond acceptors (Lipinski definition) is 5. The first-order valence-corrected chi connectivity index (χ1v) is 6.09. The molecule has 0 saturated carbocycles. The number of alkyl halides is 1. The Morgan fingerprint density at radius 2 is 1.90 bits per heavy atom. The molecule has 10 heteroatoms. The lowest BCUT2D eigenvalue weighted by Gasteiger charge is -2.04. The Hall–Kier alpha value is -2.19. The number of rotatable bonds is 4. The zero-order valence-electron chi connectivity index (χ0n) is 9.69. The van der Waals surface area contributed by atoms with Gasteiger partial charge in [-0.05, 0) is 6.07 Å². The van der Waals surface area contributed by atoms with Crippen molar-refractivity contribution in [2.45, 2.75) is 5.88 Å². The van der Waals surface area contributed by atoms with Crippen molar-refractivity contribution in [1.29, 1.82) is 0 Å². The van der Waals surface area contributed by atoms with Crippen LogP contribution < -0.4 is 0 Å². The molecule has 8 nitrogen and oxygen atoms in total. The molecule has 0 aliphatic heterocycles. The summed E-state index contributed by atoms with van der Waals surface area (Å²) >= 11 is 11.5. The van der Waals surface area contributed by atoms with Crippen LogP contribution in [0.3, 0.4) is 0 Å². The minimum Gasteiger partial charge on any atom is -0.258 e. The maximum absolute atomic E-state index is 11.0. The number of non-ortho nitro benzene ring substituents is 1. The Bertz CT molecular complexity index is 701. The molecule has 0 atom stereocenters. The predicted molar refractivity (Wildman–Crippen MR) is 71.4 cm³/mol. The molecule has 0 spiro atoms. The second-order valence-electron chi connectivity index (χ2n) is 3.69. The highest BCUT2D eigenvalue weighted by molar-refractivity contribution is 6.30. The molecule has 0 amide bonds. The summed E-state index contributed by atoms with van der Waals surface area (Å²) in [7, 11) is 0. The maximum Gasteiger partial charge on any atom is 0.301 e. The van der Waals surface area contributed by atoms with Crippen LogP contribution >= 0.6 is 23.2 Å². The van der Waals surface area contributed by atoms with Crippen molar-refractivity contribution < 1.29 is 9.85 Å². The van der Waals surface area contributed by atoms with Gasteiger partial charge in [-0.15, -0.1) is 11.6 Å². The highest BCUT2D eigenvalue weighted by atomic mass is 35.5. The summed E-state index contributed by atoms with van der Waals surface area (Å²) in [4.78, 5) is 20.2. The first-order chi connectivity index (χ1) is 9.43. The average molecular weight is 317 g/mol. The zero-order chi connectivity index (χ0) is 14.9. The summed E-state index contributed by atoms with van der Waals surface area (Å²) in [6.45, 7) is 0. The summed E-state index contributed by atoms with van der Waals surface area (Å²) in [5.41, 5.74) is -0.391. The molecule has 0 radical (unpaired) electrons.